The predicted molar refractivity (Wildman–Crippen MR) is 91.1 cm³/mol. The van der Waals surface area contributed by atoms with Crippen LogP contribution in [0.1, 0.15) is 18.4 Å². The number of hydrogen-bond acceptors (Lipinski definition) is 5. The summed E-state index contributed by atoms with van der Waals surface area (Å²) in [6.45, 7) is 2.02. The summed E-state index contributed by atoms with van der Waals surface area (Å²) in [5, 5.41) is 13.7. The molecule has 1 aromatic carbocycles. The summed E-state index contributed by atoms with van der Waals surface area (Å²) in [5.74, 6) is 0.601. The van der Waals surface area contributed by atoms with Crippen molar-refractivity contribution >= 4 is 23.1 Å². The number of carbonyl (C=O) groups excluding carboxylic acids is 1. The van der Waals surface area contributed by atoms with Crippen molar-refractivity contribution in [1.82, 2.24) is 4.98 Å². The Bertz CT molecular complexity index is 740. The lowest BCUT2D eigenvalue weighted by Crippen LogP contribution is -2.19. The Hall–Kier alpha value is -2.96. The fourth-order valence-corrected chi connectivity index (χ4v) is 2.81. The molecule has 0 unspecified atom stereocenters. The molecule has 0 saturated carbocycles. The molecule has 1 fully saturated rings. The molecule has 2 heterocycles. The standard InChI is InChI=1S/C17H18N4O3/c22-17(11-13-5-1-2-6-15(13)21(23)24)19-14-7-8-16(18-12-14)20-9-3-4-10-20/h1-2,5-8,12H,3-4,9-11H2,(H,19,22). The number of rotatable bonds is 5. The number of nitrogens with zero attached hydrogens (tertiary/aromatic N) is 3. The molecular weight excluding hydrogens is 308 g/mol. The summed E-state index contributed by atoms with van der Waals surface area (Å²) in [4.78, 5) is 29.2. The molecule has 1 saturated heterocycles. The molecule has 24 heavy (non-hydrogen) atoms. The van der Waals surface area contributed by atoms with Crippen LogP contribution in [-0.2, 0) is 11.2 Å². The van der Waals surface area contributed by atoms with Gasteiger partial charge in [0.2, 0.25) is 5.91 Å². The van der Waals surface area contributed by atoms with Gasteiger partial charge in [-0.3, -0.25) is 14.9 Å². The van der Waals surface area contributed by atoms with Gasteiger partial charge in [0.15, 0.2) is 0 Å². The number of hydrogen-bond donors (Lipinski definition) is 1. The highest BCUT2D eigenvalue weighted by molar-refractivity contribution is 5.92. The third kappa shape index (κ3) is 3.68. The molecule has 0 bridgehead atoms. The van der Waals surface area contributed by atoms with Crippen LogP contribution in [0.3, 0.4) is 0 Å². The minimum Gasteiger partial charge on any atom is -0.357 e. The second-order valence-electron chi connectivity index (χ2n) is 5.71. The van der Waals surface area contributed by atoms with E-state index in [0.717, 1.165) is 18.9 Å². The SMILES string of the molecule is O=C(Cc1ccccc1[N+](=O)[O-])Nc1ccc(N2CCCC2)nc1. The van der Waals surface area contributed by atoms with Gasteiger partial charge in [0.1, 0.15) is 5.82 Å². The van der Waals surface area contributed by atoms with Gasteiger partial charge in [-0.05, 0) is 25.0 Å². The second-order valence-corrected chi connectivity index (χ2v) is 5.71. The lowest BCUT2D eigenvalue weighted by atomic mass is 10.1. The number of nitro benzene ring substituents is 1. The minimum absolute atomic E-state index is 0.0462. The van der Waals surface area contributed by atoms with Crippen LogP contribution in [0.15, 0.2) is 42.6 Å². The maximum absolute atomic E-state index is 12.1. The van der Waals surface area contributed by atoms with Crippen LogP contribution in [0.2, 0.25) is 0 Å². The van der Waals surface area contributed by atoms with Gasteiger partial charge >= 0.3 is 0 Å². The summed E-state index contributed by atoms with van der Waals surface area (Å²) in [5.41, 5.74) is 0.929. The minimum atomic E-state index is -0.477. The molecule has 1 aromatic heterocycles. The Morgan fingerprint density at radius 3 is 2.62 bits per heavy atom. The number of anilines is 2. The molecular formula is C17H18N4O3. The summed E-state index contributed by atoms with van der Waals surface area (Å²) in [7, 11) is 0. The van der Waals surface area contributed by atoms with Crippen LogP contribution >= 0.6 is 0 Å². The number of para-hydroxylation sites is 1. The fourth-order valence-electron chi connectivity index (χ4n) is 2.81. The van der Waals surface area contributed by atoms with Crippen LogP contribution in [-0.4, -0.2) is 28.9 Å². The van der Waals surface area contributed by atoms with Gasteiger partial charge in [0.05, 0.1) is 23.2 Å². The maximum atomic E-state index is 12.1. The van der Waals surface area contributed by atoms with Gasteiger partial charge < -0.3 is 10.2 Å². The molecule has 2 aromatic rings. The second kappa shape index (κ2) is 7.08. The van der Waals surface area contributed by atoms with E-state index in [1.54, 1.807) is 30.5 Å². The quantitative estimate of drug-likeness (QED) is 0.674. The van der Waals surface area contributed by atoms with Crippen LogP contribution < -0.4 is 10.2 Å². The van der Waals surface area contributed by atoms with Crippen molar-refractivity contribution < 1.29 is 9.72 Å². The van der Waals surface area contributed by atoms with E-state index < -0.39 is 4.92 Å². The number of aromatic nitrogens is 1. The van der Waals surface area contributed by atoms with Gasteiger partial charge in [-0.25, -0.2) is 4.98 Å². The van der Waals surface area contributed by atoms with Gasteiger partial charge in [-0.1, -0.05) is 18.2 Å². The van der Waals surface area contributed by atoms with E-state index in [-0.39, 0.29) is 18.0 Å². The average Bonchev–Trinajstić information content (AvgIpc) is 3.10. The Balaban J connectivity index is 1.64. The third-order valence-corrected chi connectivity index (χ3v) is 4.00. The summed E-state index contributed by atoms with van der Waals surface area (Å²) < 4.78 is 0. The molecule has 1 amide bonds. The first kappa shape index (κ1) is 15.9. The zero-order valence-corrected chi connectivity index (χ0v) is 13.1. The van der Waals surface area contributed by atoms with E-state index in [4.69, 9.17) is 0 Å². The Kier molecular flexibility index (Phi) is 4.69. The molecule has 0 radical (unpaired) electrons. The van der Waals surface area contributed by atoms with E-state index in [1.165, 1.54) is 18.9 Å². The topological polar surface area (TPSA) is 88.4 Å². The van der Waals surface area contributed by atoms with E-state index >= 15 is 0 Å². The number of amides is 1. The van der Waals surface area contributed by atoms with Gasteiger partial charge in [-0.2, -0.15) is 0 Å². The zero-order chi connectivity index (χ0) is 16.9. The Morgan fingerprint density at radius 1 is 1.21 bits per heavy atom. The third-order valence-electron chi connectivity index (χ3n) is 4.00. The van der Waals surface area contributed by atoms with E-state index in [2.05, 4.69) is 15.2 Å². The maximum Gasteiger partial charge on any atom is 0.273 e. The summed E-state index contributed by atoms with van der Waals surface area (Å²) in [6, 6.07) is 9.94. The Labute approximate surface area is 139 Å². The molecule has 0 aliphatic carbocycles. The monoisotopic (exact) mass is 326 g/mol. The average molecular weight is 326 g/mol. The van der Waals surface area contributed by atoms with E-state index in [1.807, 2.05) is 6.07 Å². The lowest BCUT2D eigenvalue weighted by Gasteiger charge is -2.16. The first-order chi connectivity index (χ1) is 11.6. The Morgan fingerprint density at radius 2 is 1.96 bits per heavy atom. The largest absolute Gasteiger partial charge is 0.357 e. The lowest BCUT2D eigenvalue weighted by molar-refractivity contribution is -0.385. The number of nitrogens with one attached hydrogen (secondary N) is 1. The highest BCUT2D eigenvalue weighted by Crippen LogP contribution is 2.20. The van der Waals surface area contributed by atoms with Crippen molar-refractivity contribution in [2.24, 2.45) is 0 Å². The number of carbonyl (C=O) groups is 1. The number of pyridine rings is 1. The number of nitro groups is 1. The number of benzene rings is 1. The van der Waals surface area contributed by atoms with Crippen LogP contribution in [0, 0.1) is 10.1 Å². The van der Waals surface area contributed by atoms with Crippen LogP contribution in [0.25, 0.3) is 0 Å². The van der Waals surface area contributed by atoms with Crippen molar-refractivity contribution in [3.8, 4) is 0 Å². The van der Waals surface area contributed by atoms with Gasteiger partial charge in [0, 0.05) is 24.7 Å². The van der Waals surface area contributed by atoms with E-state index in [9.17, 15) is 14.9 Å². The van der Waals surface area contributed by atoms with Crippen molar-refractivity contribution in [3.63, 3.8) is 0 Å². The molecule has 7 heteroatoms. The molecule has 124 valence electrons. The first-order valence-corrected chi connectivity index (χ1v) is 7.86. The molecule has 3 rings (SSSR count). The predicted octanol–water partition coefficient (Wildman–Crippen LogP) is 2.77. The van der Waals surface area contributed by atoms with Crippen molar-refractivity contribution in [1.29, 1.82) is 0 Å². The fraction of sp³-hybridized carbons (Fsp3) is 0.294. The molecule has 0 atom stereocenters. The molecule has 1 N–H and O–H groups in total. The van der Waals surface area contributed by atoms with Crippen molar-refractivity contribution in [2.75, 3.05) is 23.3 Å². The first-order valence-electron chi connectivity index (χ1n) is 7.86. The molecule has 1 aliphatic heterocycles. The van der Waals surface area contributed by atoms with Crippen molar-refractivity contribution in [3.05, 3.63) is 58.3 Å². The highest BCUT2D eigenvalue weighted by Gasteiger charge is 2.16. The van der Waals surface area contributed by atoms with Gasteiger partial charge in [-0.15, -0.1) is 0 Å². The summed E-state index contributed by atoms with van der Waals surface area (Å²) in [6.07, 6.45) is 3.92. The van der Waals surface area contributed by atoms with Crippen LogP contribution in [0.5, 0.6) is 0 Å². The van der Waals surface area contributed by atoms with E-state index in [0.29, 0.717) is 11.3 Å². The smallest absolute Gasteiger partial charge is 0.273 e. The normalized spacial score (nSPS) is 13.8. The molecule has 1 aliphatic rings. The van der Waals surface area contributed by atoms with Gasteiger partial charge in [0.25, 0.3) is 5.69 Å². The molecule has 0 spiro atoms. The molecule has 7 nitrogen and oxygen atoms in total. The summed E-state index contributed by atoms with van der Waals surface area (Å²) >= 11 is 0. The van der Waals surface area contributed by atoms with Crippen molar-refractivity contribution in [2.45, 2.75) is 19.3 Å². The van der Waals surface area contributed by atoms with Crippen LogP contribution in [0.4, 0.5) is 17.2 Å². The zero-order valence-electron chi connectivity index (χ0n) is 13.1. The highest BCUT2D eigenvalue weighted by atomic mass is 16.6.